The summed E-state index contributed by atoms with van der Waals surface area (Å²) in [5, 5.41) is 0. The first-order valence-corrected chi connectivity index (χ1v) is 10.4. The molecule has 1 aliphatic carbocycles. The second-order valence-electron chi connectivity index (χ2n) is 5.34. The maximum absolute atomic E-state index is 12.6. The van der Waals surface area contributed by atoms with Crippen LogP contribution in [0.2, 0.25) is 0 Å². The van der Waals surface area contributed by atoms with Crippen LogP contribution in [0, 0.1) is 0 Å². The van der Waals surface area contributed by atoms with Gasteiger partial charge >= 0.3 is 0 Å². The molecule has 0 radical (unpaired) electrons. The Labute approximate surface area is 166 Å². The Morgan fingerprint density at radius 1 is 0.593 bits per heavy atom. The third-order valence-electron chi connectivity index (χ3n) is 3.76. The summed E-state index contributed by atoms with van der Waals surface area (Å²) in [5.74, 6) is 0.203. The van der Waals surface area contributed by atoms with Gasteiger partial charge in [-0.2, -0.15) is 0 Å². The van der Waals surface area contributed by atoms with Gasteiger partial charge in [-0.25, -0.2) is 0 Å². The summed E-state index contributed by atoms with van der Waals surface area (Å²) in [7, 11) is 0. The van der Waals surface area contributed by atoms with Crippen LogP contribution in [0.25, 0.3) is 12.2 Å². The third-order valence-corrected chi connectivity index (χ3v) is 3.76. The number of hydrogen-bond donors (Lipinski definition) is 0. The van der Waals surface area contributed by atoms with Gasteiger partial charge in [0.2, 0.25) is 0 Å². The van der Waals surface area contributed by atoms with Crippen molar-refractivity contribution in [3.8, 4) is 0 Å². The van der Waals surface area contributed by atoms with Gasteiger partial charge in [-0.3, -0.25) is 4.79 Å². The minimum absolute atomic E-state index is 0.203. The van der Waals surface area contributed by atoms with Crippen molar-refractivity contribution >= 4 is 17.9 Å². The second-order valence-corrected chi connectivity index (χ2v) is 5.34. The lowest BCUT2D eigenvalue weighted by Gasteiger charge is -2.16. The number of hydrogen-bond acceptors (Lipinski definition) is 1. The van der Waals surface area contributed by atoms with E-state index in [1.165, 1.54) is 0 Å². The number of carbonyl (C=O) groups excluding carboxylic acids is 1. The zero-order chi connectivity index (χ0) is 20.5. The van der Waals surface area contributed by atoms with Gasteiger partial charge in [-0.15, -0.1) is 0 Å². The molecule has 0 saturated heterocycles. The molecule has 1 aliphatic rings. The third kappa shape index (κ3) is 8.68. The highest BCUT2D eigenvalue weighted by atomic mass is 16.1. The normalized spacial score (nSPS) is 15.6. The predicted molar refractivity (Wildman–Crippen MR) is 122 cm³/mol. The molecule has 2 aromatic rings. The van der Waals surface area contributed by atoms with Crippen molar-refractivity contribution in [1.29, 1.82) is 0 Å². The number of rotatable bonds is 2. The molecule has 0 amide bonds. The van der Waals surface area contributed by atoms with E-state index in [0.29, 0.717) is 0 Å². The van der Waals surface area contributed by atoms with Crippen molar-refractivity contribution in [2.45, 2.75) is 60.8 Å². The molecule has 0 heterocycles. The number of allylic oxidation sites excluding steroid dienone is 2. The van der Waals surface area contributed by atoms with Crippen LogP contribution in [0.3, 0.4) is 0 Å². The Kier molecular flexibility index (Phi) is 14.4. The second kappa shape index (κ2) is 15.8. The Hall–Kier alpha value is -2.41. The van der Waals surface area contributed by atoms with Crippen molar-refractivity contribution in [2.75, 3.05) is 0 Å². The number of carbonyl (C=O) groups is 1. The first kappa shape index (κ1) is 24.6. The SMILES string of the molecule is CC.CC.CC.O=C1/C(=C/c2ccccc2)CCC/C1=C\c1ccccc1. The van der Waals surface area contributed by atoms with E-state index in [-0.39, 0.29) is 5.78 Å². The molecule has 1 nitrogen and oxygen atoms in total. The average Bonchev–Trinajstić information content (AvgIpc) is 2.77. The van der Waals surface area contributed by atoms with Gasteiger partial charge in [0.15, 0.2) is 5.78 Å². The van der Waals surface area contributed by atoms with Crippen LogP contribution in [0.4, 0.5) is 0 Å². The monoisotopic (exact) mass is 364 g/mol. The topological polar surface area (TPSA) is 17.1 Å². The molecular weight excluding hydrogens is 328 g/mol. The minimum Gasteiger partial charge on any atom is -0.289 e. The maximum Gasteiger partial charge on any atom is 0.185 e. The van der Waals surface area contributed by atoms with Crippen molar-refractivity contribution in [1.82, 2.24) is 0 Å². The highest BCUT2D eigenvalue weighted by Gasteiger charge is 2.20. The summed E-state index contributed by atoms with van der Waals surface area (Å²) in [6.45, 7) is 12.0. The number of benzene rings is 2. The minimum atomic E-state index is 0.203. The van der Waals surface area contributed by atoms with Crippen molar-refractivity contribution in [3.05, 3.63) is 82.9 Å². The maximum atomic E-state index is 12.6. The molecule has 0 unspecified atom stereocenters. The largest absolute Gasteiger partial charge is 0.289 e. The molecule has 2 aromatic carbocycles. The Morgan fingerprint density at radius 3 is 1.26 bits per heavy atom. The van der Waals surface area contributed by atoms with Crippen molar-refractivity contribution in [2.24, 2.45) is 0 Å². The first-order valence-electron chi connectivity index (χ1n) is 10.4. The quantitative estimate of drug-likeness (QED) is 0.493. The lowest BCUT2D eigenvalue weighted by Crippen LogP contribution is -2.12. The average molecular weight is 365 g/mol. The summed E-state index contributed by atoms with van der Waals surface area (Å²) < 4.78 is 0. The number of Topliss-reactive ketones (excluding diaryl/α,β-unsaturated/α-hetero) is 1. The van der Waals surface area contributed by atoms with E-state index in [2.05, 4.69) is 0 Å². The van der Waals surface area contributed by atoms with Gasteiger partial charge in [-0.05, 0) is 42.5 Å². The molecule has 0 N–H and O–H groups in total. The summed E-state index contributed by atoms with van der Waals surface area (Å²) >= 11 is 0. The van der Waals surface area contributed by atoms with Gasteiger partial charge in [0.25, 0.3) is 0 Å². The van der Waals surface area contributed by atoms with Gasteiger partial charge < -0.3 is 0 Å². The molecular formula is C26H36O. The van der Waals surface area contributed by atoms with E-state index in [4.69, 9.17) is 0 Å². The zero-order valence-electron chi connectivity index (χ0n) is 18.0. The van der Waals surface area contributed by atoms with E-state index in [1.807, 2.05) is 114 Å². The fraction of sp³-hybridized carbons (Fsp3) is 0.346. The fourth-order valence-corrected chi connectivity index (χ4v) is 2.68. The van der Waals surface area contributed by atoms with Crippen LogP contribution in [-0.2, 0) is 4.79 Å². The van der Waals surface area contributed by atoms with E-state index in [9.17, 15) is 4.79 Å². The predicted octanol–water partition coefficient (Wildman–Crippen LogP) is 7.99. The van der Waals surface area contributed by atoms with Crippen LogP contribution in [0.1, 0.15) is 71.9 Å². The molecule has 3 rings (SSSR count). The van der Waals surface area contributed by atoms with Gasteiger partial charge in [0.05, 0.1) is 0 Å². The molecule has 0 spiro atoms. The summed E-state index contributed by atoms with van der Waals surface area (Å²) in [4.78, 5) is 12.6. The van der Waals surface area contributed by atoms with Crippen LogP contribution >= 0.6 is 0 Å². The standard InChI is InChI=1S/C20H18O.3C2H6/c21-20-18(14-16-8-3-1-4-9-16)12-7-13-19(20)15-17-10-5-2-6-11-17;3*1-2/h1-6,8-11,14-15H,7,12-13H2;3*1-2H3/b18-14+,19-15+;;;. The van der Waals surface area contributed by atoms with Gasteiger partial charge in [0, 0.05) is 11.1 Å². The molecule has 27 heavy (non-hydrogen) atoms. The van der Waals surface area contributed by atoms with E-state index in [1.54, 1.807) is 0 Å². The molecule has 0 aromatic heterocycles. The summed E-state index contributed by atoms with van der Waals surface area (Å²) in [5.41, 5.74) is 4.05. The molecule has 1 heteroatoms. The smallest absolute Gasteiger partial charge is 0.185 e. The lowest BCUT2D eigenvalue weighted by atomic mass is 9.87. The Bertz CT molecular complexity index is 619. The Morgan fingerprint density at radius 2 is 0.926 bits per heavy atom. The van der Waals surface area contributed by atoms with E-state index in [0.717, 1.165) is 41.5 Å². The molecule has 146 valence electrons. The molecule has 0 atom stereocenters. The fourth-order valence-electron chi connectivity index (χ4n) is 2.68. The van der Waals surface area contributed by atoms with E-state index < -0.39 is 0 Å². The molecule has 1 fully saturated rings. The van der Waals surface area contributed by atoms with Crippen molar-refractivity contribution in [3.63, 3.8) is 0 Å². The van der Waals surface area contributed by atoms with Crippen LogP contribution < -0.4 is 0 Å². The van der Waals surface area contributed by atoms with Gasteiger partial charge in [-0.1, -0.05) is 102 Å². The highest BCUT2D eigenvalue weighted by Crippen LogP contribution is 2.27. The summed E-state index contributed by atoms with van der Waals surface area (Å²) in [6.07, 6.45) is 6.85. The van der Waals surface area contributed by atoms with E-state index >= 15 is 0 Å². The molecule has 0 bridgehead atoms. The number of ketones is 1. The molecule has 1 saturated carbocycles. The van der Waals surface area contributed by atoms with Crippen LogP contribution in [-0.4, -0.2) is 5.78 Å². The van der Waals surface area contributed by atoms with Crippen LogP contribution in [0.5, 0.6) is 0 Å². The first-order chi connectivity index (χ1) is 13.3. The van der Waals surface area contributed by atoms with Crippen LogP contribution in [0.15, 0.2) is 71.8 Å². The van der Waals surface area contributed by atoms with Crippen molar-refractivity contribution < 1.29 is 4.79 Å². The van der Waals surface area contributed by atoms with Gasteiger partial charge in [0.1, 0.15) is 0 Å². The lowest BCUT2D eigenvalue weighted by molar-refractivity contribution is -0.112. The zero-order valence-corrected chi connectivity index (χ0v) is 18.0. The molecule has 0 aliphatic heterocycles. The Balaban J connectivity index is 0.00000103. The highest BCUT2D eigenvalue weighted by molar-refractivity contribution is 6.13. The summed E-state index contributed by atoms with van der Waals surface area (Å²) in [6, 6.07) is 20.1.